The Morgan fingerprint density at radius 2 is 1.15 bits per heavy atom. The lowest BCUT2D eigenvalue weighted by molar-refractivity contribution is 0.290. The molecular weight excluding hydrogens is 326 g/mol. The van der Waals surface area contributed by atoms with Crippen molar-refractivity contribution in [3.63, 3.8) is 0 Å². The monoisotopic (exact) mass is 369 g/mol. The quantitative estimate of drug-likeness (QED) is 0.230. The fraction of sp³-hybridized carbons (Fsp3) is 0.692. The summed E-state index contributed by atoms with van der Waals surface area (Å²) in [6, 6.07) is 8.56. The highest BCUT2D eigenvalue weighted by Gasteiger charge is 2.03. The number of aryl methyl sites for hydroxylation is 1. The zero-order valence-electron chi connectivity index (χ0n) is 18.4. The molecule has 0 aliphatic carbocycles. The van der Waals surface area contributed by atoms with Gasteiger partial charge in [0.1, 0.15) is 0 Å². The van der Waals surface area contributed by atoms with Crippen molar-refractivity contribution in [2.24, 2.45) is 0 Å². The molecule has 152 valence electrons. The van der Waals surface area contributed by atoms with Crippen LogP contribution in [0.5, 0.6) is 0 Å². The number of unbranched alkanes of at least 4 members (excludes halogenated alkanes) is 10. The molecule has 0 aliphatic heterocycles. The Bertz CT molecular complexity index is 489. The lowest BCUT2D eigenvalue weighted by Crippen LogP contribution is -2.26. The van der Waals surface area contributed by atoms with Crippen molar-refractivity contribution in [2.45, 2.75) is 97.8 Å². The molecule has 0 amide bonds. The Morgan fingerprint density at radius 3 is 1.67 bits per heavy atom. The topological polar surface area (TPSA) is 3.24 Å². The van der Waals surface area contributed by atoms with Crippen molar-refractivity contribution in [1.82, 2.24) is 4.90 Å². The maximum absolute atomic E-state index is 3.42. The van der Waals surface area contributed by atoms with Crippen LogP contribution >= 0.6 is 0 Å². The van der Waals surface area contributed by atoms with Gasteiger partial charge >= 0.3 is 0 Å². The second-order valence-corrected chi connectivity index (χ2v) is 7.98. The maximum atomic E-state index is 3.42. The molecule has 0 heterocycles. The van der Waals surface area contributed by atoms with E-state index < -0.39 is 0 Å². The van der Waals surface area contributed by atoms with Crippen LogP contribution in [0.3, 0.4) is 0 Å². The third-order valence-corrected chi connectivity index (χ3v) is 5.24. The van der Waals surface area contributed by atoms with Crippen molar-refractivity contribution in [3.8, 4) is 11.8 Å². The number of hydrogen-bond acceptors (Lipinski definition) is 1. The molecule has 27 heavy (non-hydrogen) atoms. The van der Waals surface area contributed by atoms with Gasteiger partial charge < -0.3 is 0 Å². The van der Waals surface area contributed by atoms with Crippen molar-refractivity contribution in [1.29, 1.82) is 0 Å². The highest BCUT2D eigenvalue weighted by molar-refractivity contribution is 5.35. The van der Waals surface area contributed by atoms with Gasteiger partial charge in [-0.25, -0.2) is 0 Å². The summed E-state index contributed by atoms with van der Waals surface area (Å²) in [4.78, 5) is 2.58. The molecule has 0 spiro atoms. The molecule has 1 aromatic carbocycles. The Kier molecular flexibility index (Phi) is 14.9. The highest BCUT2D eigenvalue weighted by atomic mass is 15.1. The van der Waals surface area contributed by atoms with Gasteiger partial charge in [0.2, 0.25) is 0 Å². The standard InChI is InChI=1S/C26H43N/c1-4-6-8-10-12-14-22-27(23-15-13-11-9-7-5-2)24-16-17-26-20-18-25(3)19-21-26/h18-21H,4-15,22-24H2,1-3H3. The molecule has 0 atom stereocenters. The lowest BCUT2D eigenvalue weighted by atomic mass is 10.1. The van der Waals surface area contributed by atoms with Crippen LogP contribution in [0.25, 0.3) is 0 Å². The third kappa shape index (κ3) is 13.5. The van der Waals surface area contributed by atoms with E-state index in [2.05, 4.69) is 61.8 Å². The molecule has 0 unspecified atom stereocenters. The van der Waals surface area contributed by atoms with Crippen molar-refractivity contribution < 1.29 is 0 Å². The van der Waals surface area contributed by atoms with Crippen molar-refractivity contribution in [3.05, 3.63) is 35.4 Å². The van der Waals surface area contributed by atoms with E-state index in [0.717, 1.165) is 12.1 Å². The molecule has 0 saturated heterocycles. The van der Waals surface area contributed by atoms with Gasteiger partial charge in [0.25, 0.3) is 0 Å². The Balaban J connectivity index is 2.35. The molecular formula is C26H43N. The summed E-state index contributed by atoms with van der Waals surface area (Å²) >= 11 is 0. The highest BCUT2D eigenvalue weighted by Crippen LogP contribution is 2.09. The summed E-state index contributed by atoms with van der Waals surface area (Å²) in [5.41, 5.74) is 2.44. The van der Waals surface area contributed by atoms with Gasteiger partial charge in [-0.15, -0.1) is 0 Å². The van der Waals surface area contributed by atoms with E-state index in [1.54, 1.807) is 0 Å². The van der Waals surface area contributed by atoms with Crippen molar-refractivity contribution >= 4 is 0 Å². The molecule has 0 aromatic heterocycles. The molecule has 1 nitrogen and oxygen atoms in total. The molecule has 0 aliphatic rings. The van der Waals surface area contributed by atoms with Crippen LogP contribution in [0.15, 0.2) is 24.3 Å². The van der Waals surface area contributed by atoms with E-state index in [9.17, 15) is 0 Å². The van der Waals surface area contributed by atoms with E-state index in [1.807, 2.05) is 0 Å². The van der Waals surface area contributed by atoms with Crippen LogP contribution in [-0.2, 0) is 0 Å². The Labute approximate surface area is 169 Å². The second-order valence-electron chi connectivity index (χ2n) is 7.98. The second kappa shape index (κ2) is 16.9. The fourth-order valence-corrected chi connectivity index (χ4v) is 3.39. The van der Waals surface area contributed by atoms with Crippen LogP contribution in [0.1, 0.15) is 102 Å². The number of rotatable bonds is 15. The largest absolute Gasteiger partial charge is 0.292 e. The molecule has 0 fully saturated rings. The summed E-state index contributed by atoms with van der Waals surface area (Å²) in [6.07, 6.45) is 16.4. The zero-order valence-corrected chi connectivity index (χ0v) is 18.4. The molecule has 0 bridgehead atoms. The van der Waals surface area contributed by atoms with E-state index in [4.69, 9.17) is 0 Å². The predicted octanol–water partition coefficient (Wildman–Crippen LogP) is 7.37. The summed E-state index contributed by atoms with van der Waals surface area (Å²) in [6.45, 7) is 10.0. The maximum Gasteiger partial charge on any atom is 0.0605 e. The van der Waals surface area contributed by atoms with Crippen LogP contribution < -0.4 is 0 Å². The minimum absolute atomic E-state index is 0.914. The van der Waals surface area contributed by atoms with E-state index >= 15 is 0 Å². The van der Waals surface area contributed by atoms with Gasteiger partial charge in [-0.2, -0.15) is 0 Å². The first-order valence-electron chi connectivity index (χ1n) is 11.5. The molecule has 1 rings (SSSR count). The Morgan fingerprint density at radius 1 is 0.667 bits per heavy atom. The van der Waals surface area contributed by atoms with Gasteiger partial charge in [0.05, 0.1) is 6.54 Å². The first kappa shape index (κ1) is 23.8. The van der Waals surface area contributed by atoms with Crippen LogP contribution in [0.4, 0.5) is 0 Å². The van der Waals surface area contributed by atoms with Crippen LogP contribution in [0, 0.1) is 18.8 Å². The first-order valence-corrected chi connectivity index (χ1v) is 11.5. The lowest BCUT2D eigenvalue weighted by Gasteiger charge is -2.19. The van der Waals surface area contributed by atoms with Gasteiger partial charge in [-0.1, -0.05) is 108 Å². The SMILES string of the molecule is CCCCCCCCN(CC#Cc1ccc(C)cc1)CCCCCCCC. The van der Waals surface area contributed by atoms with E-state index in [1.165, 1.54) is 95.7 Å². The van der Waals surface area contributed by atoms with Crippen LogP contribution in [-0.4, -0.2) is 24.5 Å². The summed E-state index contributed by atoms with van der Waals surface area (Å²) in [7, 11) is 0. The van der Waals surface area contributed by atoms with E-state index in [-0.39, 0.29) is 0 Å². The smallest absolute Gasteiger partial charge is 0.0605 e. The normalized spacial score (nSPS) is 10.8. The number of benzene rings is 1. The average molecular weight is 370 g/mol. The minimum atomic E-state index is 0.914. The molecule has 1 aromatic rings. The van der Waals surface area contributed by atoms with E-state index in [0.29, 0.717) is 0 Å². The zero-order chi connectivity index (χ0) is 19.6. The molecule has 0 saturated carbocycles. The third-order valence-electron chi connectivity index (χ3n) is 5.24. The minimum Gasteiger partial charge on any atom is -0.292 e. The van der Waals surface area contributed by atoms with Gasteiger partial charge in [-0.3, -0.25) is 4.90 Å². The molecule has 0 radical (unpaired) electrons. The first-order chi connectivity index (χ1) is 13.3. The fourth-order valence-electron chi connectivity index (χ4n) is 3.39. The number of nitrogens with zero attached hydrogens (tertiary/aromatic N) is 1. The number of hydrogen-bond donors (Lipinski definition) is 0. The summed E-state index contributed by atoms with van der Waals surface area (Å²) < 4.78 is 0. The average Bonchev–Trinajstić information content (AvgIpc) is 2.68. The molecule has 0 N–H and O–H groups in total. The summed E-state index contributed by atoms with van der Waals surface area (Å²) in [5, 5.41) is 0. The van der Waals surface area contributed by atoms with Gasteiger partial charge in [-0.05, 0) is 45.0 Å². The Hall–Kier alpha value is -1.26. The summed E-state index contributed by atoms with van der Waals surface area (Å²) in [5.74, 6) is 6.77. The predicted molar refractivity (Wildman–Crippen MR) is 121 cm³/mol. The molecule has 1 heteroatoms. The van der Waals surface area contributed by atoms with Crippen molar-refractivity contribution in [2.75, 3.05) is 19.6 Å². The van der Waals surface area contributed by atoms with Crippen LogP contribution in [0.2, 0.25) is 0 Å². The van der Waals surface area contributed by atoms with Gasteiger partial charge in [0.15, 0.2) is 0 Å². The van der Waals surface area contributed by atoms with Gasteiger partial charge in [0, 0.05) is 5.56 Å².